The normalized spacial score (nSPS) is 12.3. The Hall–Kier alpha value is -1.28. The maximum Gasteiger partial charge on any atom is 0.216 e. The minimum absolute atomic E-state index is 0.281. The molecule has 0 saturated carbocycles. The summed E-state index contributed by atoms with van der Waals surface area (Å²) in [7, 11) is -3.25. The number of hydrogen-bond acceptors (Lipinski definition) is 4. The largest absolute Gasteiger partial charge is 0.385 e. The molecule has 0 bridgehead atoms. The van der Waals surface area contributed by atoms with Crippen LogP contribution in [0.1, 0.15) is 40.0 Å². The quantitative estimate of drug-likeness (QED) is 0.572. The van der Waals surface area contributed by atoms with Gasteiger partial charge in [0.05, 0.1) is 4.75 Å². The molecule has 0 unspecified atom stereocenters. The molecule has 0 amide bonds. The second-order valence-electron chi connectivity index (χ2n) is 7.24. The number of imidazole rings is 1. The Morgan fingerprint density at radius 3 is 2.22 bits per heavy atom. The van der Waals surface area contributed by atoms with Crippen molar-refractivity contribution in [3.63, 3.8) is 0 Å². The van der Waals surface area contributed by atoms with Crippen LogP contribution in [0.25, 0.3) is 5.69 Å². The van der Waals surface area contributed by atoms with Gasteiger partial charge in [-0.15, -0.1) is 0 Å². The topological polar surface area (TPSA) is 76.0 Å². The first kappa shape index (κ1) is 22.0. The highest BCUT2D eigenvalue weighted by molar-refractivity contribution is 7.90. The van der Waals surface area contributed by atoms with Gasteiger partial charge in [0.15, 0.2) is 10.3 Å². The molecular formula is C18H26Cl2N4O2S. The summed E-state index contributed by atoms with van der Waals surface area (Å²) in [6.07, 6.45) is 4.31. The lowest BCUT2D eigenvalue weighted by Crippen LogP contribution is -2.39. The molecule has 0 spiro atoms. The van der Waals surface area contributed by atoms with Crippen LogP contribution < -0.4 is 10.0 Å². The maximum atomic E-state index is 11.9. The van der Waals surface area contributed by atoms with Gasteiger partial charge in [-0.1, -0.05) is 29.6 Å². The first-order chi connectivity index (χ1) is 12.6. The molecule has 1 aromatic heterocycles. The van der Waals surface area contributed by atoms with E-state index in [0.29, 0.717) is 11.7 Å². The summed E-state index contributed by atoms with van der Waals surface area (Å²) >= 11 is 12.0. The minimum Gasteiger partial charge on any atom is -0.385 e. The van der Waals surface area contributed by atoms with Crippen molar-refractivity contribution in [2.75, 3.05) is 18.4 Å². The zero-order valence-corrected chi connectivity index (χ0v) is 18.1. The number of unbranched alkanes of at least 4 members (excludes halogenated alkanes) is 2. The molecule has 0 fully saturated rings. The van der Waals surface area contributed by atoms with E-state index in [0.717, 1.165) is 37.2 Å². The molecule has 0 radical (unpaired) electrons. The van der Waals surface area contributed by atoms with E-state index in [1.54, 1.807) is 31.7 Å². The predicted molar refractivity (Wildman–Crippen MR) is 113 cm³/mol. The van der Waals surface area contributed by atoms with E-state index >= 15 is 0 Å². The van der Waals surface area contributed by atoms with Crippen molar-refractivity contribution in [2.24, 2.45) is 0 Å². The molecule has 6 nitrogen and oxygen atoms in total. The Bertz CT molecular complexity index is 843. The molecule has 150 valence electrons. The van der Waals surface area contributed by atoms with E-state index in [2.05, 4.69) is 15.0 Å². The summed E-state index contributed by atoms with van der Waals surface area (Å²) in [6, 6.07) is 7.81. The first-order valence-corrected chi connectivity index (χ1v) is 11.1. The third kappa shape index (κ3) is 6.10. The van der Waals surface area contributed by atoms with Crippen molar-refractivity contribution in [1.29, 1.82) is 0 Å². The van der Waals surface area contributed by atoms with Gasteiger partial charge < -0.3 is 5.32 Å². The summed E-state index contributed by atoms with van der Waals surface area (Å²) in [6.45, 7) is 6.38. The van der Waals surface area contributed by atoms with Gasteiger partial charge in [0.25, 0.3) is 0 Å². The lowest BCUT2D eigenvalue weighted by atomic mass is 10.2. The summed E-state index contributed by atoms with van der Waals surface area (Å²) in [5.41, 5.74) is 1.89. The average Bonchev–Trinajstić information content (AvgIpc) is 2.93. The van der Waals surface area contributed by atoms with Crippen LogP contribution in [-0.2, 0) is 10.0 Å². The smallest absolute Gasteiger partial charge is 0.216 e. The number of sulfonamides is 1. The maximum absolute atomic E-state index is 11.9. The molecule has 0 aliphatic heterocycles. The van der Waals surface area contributed by atoms with E-state index in [1.807, 2.05) is 24.3 Å². The number of nitrogens with one attached hydrogen (secondary N) is 2. The third-order valence-electron chi connectivity index (χ3n) is 4.09. The molecule has 1 aromatic carbocycles. The molecule has 2 N–H and O–H groups in total. The number of aromatic nitrogens is 2. The Morgan fingerprint density at radius 2 is 1.67 bits per heavy atom. The van der Waals surface area contributed by atoms with Crippen molar-refractivity contribution in [3.05, 3.63) is 40.9 Å². The fraction of sp³-hybridized carbons (Fsp3) is 0.500. The van der Waals surface area contributed by atoms with Gasteiger partial charge in [-0.3, -0.25) is 4.57 Å². The highest BCUT2D eigenvalue weighted by Gasteiger charge is 2.27. The summed E-state index contributed by atoms with van der Waals surface area (Å²) in [5, 5.41) is 4.02. The van der Waals surface area contributed by atoms with Crippen LogP contribution in [0, 0.1) is 0 Å². The number of benzene rings is 1. The molecule has 0 atom stereocenters. The highest BCUT2D eigenvalue weighted by Crippen LogP contribution is 2.24. The van der Waals surface area contributed by atoms with Crippen LogP contribution in [0.2, 0.25) is 10.3 Å². The third-order valence-corrected chi connectivity index (χ3v) is 7.03. The second kappa shape index (κ2) is 9.28. The van der Waals surface area contributed by atoms with Gasteiger partial charge in [0.1, 0.15) is 6.33 Å². The lowest BCUT2D eigenvalue weighted by molar-refractivity contribution is 0.540. The standard InChI is InChI=1S/C18H26Cl2N4O2S/c1-18(2,3)27(25,26)23-12-6-4-5-11-21-14-7-9-15(10-8-14)24-13-22-16(19)17(24)20/h7-10,13,21,23H,4-6,11-12H2,1-3H3. The van der Waals surface area contributed by atoms with Gasteiger partial charge in [-0.2, -0.15) is 0 Å². The van der Waals surface area contributed by atoms with Gasteiger partial charge >= 0.3 is 0 Å². The van der Waals surface area contributed by atoms with Crippen LogP contribution in [0.3, 0.4) is 0 Å². The van der Waals surface area contributed by atoms with Crippen molar-refractivity contribution in [3.8, 4) is 5.69 Å². The van der Waals surface area contributed by atoms with E-state index in [9.17, 15) is 8.42 Å². The van der Waals surface area contributed by atoms with Crippen LogP contribution in [0.5, 0.6) is 0 Å². The van der Waals surface area contributed by atoms with Gasteiger partial charge in [0.2, 0.25) is 10.0 Å². The zero-order chi connectivity index (χ0) is 20.1. The van der Waals surface area contributed by atoms with Gasteiger partial charge in [-0.25, -0.2) is 18.1 Å². The molecule has 9 heteroatoms. The fourth-order valence-electron chi connectivity index (χ4n) is 2.31. The molecule has 1 heterocycles. The summed E-state index contributed by atoms with van der Waals surface area (Å²) < 4.78 is 27.5. The SMILES string of the molecule is CC(C)(C)S(=O)(=O)NCCCCCNc1ccc(-n2cnc(Cl)c2Cl)cc1. The molecule has 2 rings (SSSR count). The van der Waals surface area contributed by atoms with E-state index in [-0.39, 0.29) is 5.15 Å². The molecule has 2 aromatic rings. The Kier molecular flexibility index (Phi) is 7.56. The van der Waals surface area contributed by atoms with Crippen LogP contribution in [0.4, 0.5) is 5.69 Å². The highest BCUT2D eigenvalue weighted by atomic mass is 35.5. The molecule has 0 aliphatic rings. The Balaban J connectivity index is 1.69. The van der Waals surface area contributed by atoms with Crippen molar-refractivity contribution < 1.29 is 8.42 Å². The first-order valence-electron chi connectivity index (χ1n) is 8.84. The number of rotatable bonds is 9. The summed E-state index contributed by atoms with van der Waals surface area (Å²) in [4.78, 5) is 3.97. The number of hydrogen-bond donors (Lipinski definition) is 2. The lowest BCUT2D eigenvalue weighted by Gasteiger charge is -2.19. The second-order valence-corrected chi connectivity index (χ2v) is 10.5. The summed E-state index contributed by atoms with van der Waals surface area (Å²) in [5.74, 6) is 0. The molecular weight excluding hydrogens is 407 g/mol. The van der Waals surface area contributed by atoms with Crippen molar-refractivity contribution >= 4 is 38.9 Å². The molecule has 27 heavy (non-hydrogen) atoms. The van der Waals surface area contributed by atoms with Crippen LogP contribution in [-0.4, -0.2) is 35.8 Å². The predicted octanol–water partition coefficient (Wildman–Crippen LogP) is 4.48. The zero-order valence-electron chi connectivity index (χ0n) is 15.8. The monoisotopic (exact) mass is 432 g/mol. The average molecular weight is 433 g/mol. The van der Waals surface area contributed by atoms with Crippen LogP contribution in [0.15, 0.2) is 30.6 Å². The van der Waals surface area contributed by atoms with Gasteiger partial charge in [-0.05, 0) is 57.9 Å². The van der Waals surface area contributed by atoms with E-state index in [4.69, 9.17) is 23.2 Å². The molecule has 0 saturated heterocycles. The van der Waals surface area contributed by atoms with E-state index in [1.165, 1.54) is 0 Å². The Labute approximate surface area is 171 Å². The number of nitrogens with zero attached hydrogens (tertiary/aromatic N) is 2. The number of anilines is 1. The minimum atomic E-state index is -3.25. The van der Waals surface area contributed by atoms with Crippen molar-refractivity contribution in [1.82, 2.24) is 14.3 Å². The molecule has 0 aliphatic carbocycles. The number of halogens is 2. The fourth-order valence-corrected chi connectivity index (χ4v) is 3.49. The van der Waals surface area contributed by atoms with Crippen molar-refractivity contribution in [2.45, 2.75) is 44.8 Å². The Morgan fingerprint density at radius 1 is 1.04 bits per heavy atom. The van der Waals surface area contributed by atoms with E-state index < -0.39 is 14.8 Å². The van der Waals surface area contributed by atoms with Gasteiger partial charge in [0, 0.05) is 24.5 Å². The van der Waals surface area contributed by atoms with Crippen LogP contribution >= 0.6 is 23.2 Å².